The van der Waals surface area contributed by atoms with E-state index in [1.165, 1.54) is 0 Å². The summed E-state index contributed by atoms with van der Waals surface area (Å²) in [5.74, 6) is 0.288. The summed E-state index contributed by atoms with van der Waals surface area (Å²) >= 11 is 5.85. The van der Waals surface area contributed by atoms with Crippen LogP contribution >= 0.6 is 11.6 Å². The quantitative estimate of drug-likeness (QED) is 0.864. The van der Waals surface area contributed by atoms with Gasteiger partial charge in [0.15, 0.2) is 0 Å². The van der Waals surface area contributed by atoms with Crippen molar-refractivity contribution in [2.24, 2.45) is 5.92 Å². The third-order valence-corrected chi connectivity index (χ3v) is 5.06. The summed E-state index contributed by atoms with van der Waals surface area (Å²) in [5.41, 5.74) is 0.144. The topological polar surface area (TPSA) is 40.5 Å². The standard InChI is InChI=1S/C16H20ClNO2/c17-14-6-4-12(5-7-14)15(19)18-10-9-16(20)8-2-1-3-13(16)11-18/h4-7,13,20H,1-3,8-11H2/t13-,16+/m1/s1. The number of likely N-dealkylation sites (tertiary alicyclic amines) is 1. The predicted octanol–water partition coefficient (Wildman–Crippen LogP) is 3.11. The molecular weight excluding hydrogens is 274 g/mol. The van der Waals surface area contributed by atoms with Crippen molar-refractivity contribution >= 4 is 17.5 Å². The van der Waals surface area contributed by atoms with Crippen molar-refractivity contribution in [2.45, 2.75) is 37.7 Å². The molecule has 3 rings (SSSR count). The van der Waals surface area contributed by atoms with Crippen LogP contribution in [-0.2, 0) is 0 Å². The molecule has 1 N–H and O–H groups in total. The molecule has 1 aromatic rings. The summed E-state index contributed by atoms with van der Waals surface area (Å²) in [7, 11) is 0. The molecule has 0 spiro atoms. The second-order valence-corrected chi connectivity index (χ2v) is 6.49. The molecule has 1 aliphatic heterocycles. The highest BCUT2D eigenvalue weighted by Crippen LogP contribution is 2.40. The Hall–Kier alpha value is -1.06. The first-order valence-electron chi connectivity index (χ1n) is 7.36. The average molecular weight is 294 g/mol. The second-order valence-electron chi connectivity index (χ2n) is 6.05. The number of carbonyl (C=O) groups is 1. The van der Waals surface area contributed by atoms with Crippen molar-refractivity contribution in [1.29, 1.82) is 0 Å². The van der Waals surface area contributed by atoms with Gasteiger partial charge in [0.25, 0.3) is 5.91 Å². The molecule has 1 saturated heterocycles. The molecule has 1 aromatic carbocycles. The highest BCUT2D eigenvalue weighted by molar-refractivity contribution is 6.30. The van der Waals surface area contributed by atoms with Gasteiger partial charge in [-0.15, -0.1) is 0 Å². The number of benzene rings is 1. The summed E-state index contributed by atoms with van der Waals surface area (Å²) in [5, 5.41) is 11.3. The van der Waals surface area contributed by atoms with Gasteiger partial charge in [-0.05, 0) is 43.5 Å². The lowest BCUT2D eigenvalue weighted by Gasteiger charge is -2.47. The Kier molecular flexibility index (Phi) is 3.74. The Morgan fingerprint density at radius 1 is 1.25 bits per heavy atom. The van der Waals surface area contributed by atoms with Gasteiger partial charge in [-0.1, -0.05) is 24.4 Å². The Morgan fingerprint density at radius 3 is 2.75 bits per heavy atom. The normalized spacial score (nSPS) is 29.9. The van der Waals surface area contributed by atoms with Crippen molar-refractivity contribution in [3.05, 3.63) is 34.9 Å². The van der Waals surface area contributed by atoms with Gasteiger partial charge in [-0.3, -0.25) is 4.79 Å². The van der Waals surface area contributed by atoms with Crippen LogP contribution in [0.1, 0.15) is 42.5 Å². The lowest BCUT2D eigenvalue weighted by Crippen LogP contribution is -2.54. The fraction of sp³-hybridized carbons (Fsp3) is 0.562. The molecule has 0 aromatic heterocycles. The zero-order chi connectivity index (χ0) is 14.2. The van der Waals surface area contributed by atoms with Gasteiger partial charge in [0.05, 0.1) is 5.60 Å². The maximum absolute atomic E-state index is 12.5. The van der Waals surface area contributed by atoms with Crippen LogP contribution in [0.2, 0.25) is 5.02 Å². The first kappa shape index (κ1) is 13.9. The van der Waals surface area contributed by atoms with Crippen LogP contribution in [0, 0.1) is 5.92 Å². The van der Waals surface area contributed by atoms with Crippen LogP contribution in [0.15, 0.2) is 24.3 Å². The number of hydrogen-bond donors (Lipinski definition) is 1. The average Bonchev–Trinajstić information content (AvgIpc) is 2.46. The number of piperidine rings is 1. The molecule has 2 atom stereocenters. The van der Waals surface area contributed by atoms with Gasteiger partial charge in [-0.2, -0.15) is 0 Å². The molecule has 1 heterocycles. The van der Waals surface area contributed by atoms with Gasteiger partial charge in [0.2, 0.25) is 0 Å². The molecule has 20 heavy (non-hydrogen) atoms. The number of fused-ring (bicyclic) bond motifs is 1. The first-order chi connectivity index (χ1) is 9.58. The summed E-state index contributed by atoms with van der Waals surface area (Å²) in [6.45, 7) is 1.33. The molecule has 0 radical (unpaired) electrons. The van der Waals surface area contributed by atoms with E-state index in [0.29, 0.717) is 30.1 Å². The SMILES string of the molecule is O=C(c1ccc(Cl)cc1)N1CC[C@@]2(O)CCCC[C@@H]2C1. The van der Waals surface area contributed by atoms with Crippen LogP contribution in [0.25, 0.3) is 0 Å². The summed E-state index contributed by atoms with van der Waals surface area (Å²) in [4.78, 5) is 14.4. The van der Waals surface area contributed by atoms with Crippen LogP contribution in [-0.4, -0.2) is 34.6 Å². The zero-order valence-electron chi connectivity index (χ0n) is 11.5. The molecule has 3 nitrogen and oxygen atoms in total. The van der Waals surface area contributed by atoms with E-state index in [-0.39, 0.29) is 11.8 Å². The smallest absolute Gasteiger partial charge is 0.253 e. The molecule has 108 valence electrons. The Balaban J connectivity index is 1.72. The third kappa shape index (κ3) is 2.57. The monoisotopic (exact) mass is 293 g/mol. The molecule has 1 saturated carbocycles. The Morgan fingerprint density at radius 2 is 2.00 bits per heavy atom. The van der Waals surface area contributed by atoms with Crippen LogP contribution in [0.3, 0.4) is 0 Å². The van der Waals surface area contributed by atoms with Crippen molar-refractivity contribution in [2.75, 3.05) is 13.1 Å². The highest BCUT2D eigenvalue weighted by atomic mass is 35.5. The maximum atomic E-state index is 12.5. The minimum atomic E-state index is -0.533. The number of rotatable bonds is 1. The molecule has 1 amide bonds. The van der Waals surface area contributed by atoms with E-state index in [0.717, 1.165) is 25.7 Å². The number of halogens is 1. The van der Waals surface area contributed by atoms with Crippen LogP contribution in [0.4, 0.5) is 0 Å². The molecule has 0 unspecified atom stereocenters. The summed E-state index contributed by atoms with van der Waals surface area (Å²) in [6, 6.07) is 7.03. The van der Waals surface area contributed by atoms with Crippen LogP contribution < -0.4 is 0 Å². The van der Waals surface area contributed by atoms with E-state index < -0.39 is 5.60 Å². The Bertz CT molecular complexity index is 502. The maximum Gasteiger partial charge on any atom is 0.253 e. The fourth-order valence-corrected chi connectivity index (χ4v) is 3.66. The minimum absolute atomic E-state index is 0.0503. The van der Waals surface area contributed by atoms with Gasteiger partial charge in [-0.25, -0.2) is 0 Å². The number of amides is 1. The minimum Gasteiger partial charge on any atom is -0.389 e. The molecule has 2 fully saturated rings. The Labute approximate surface area is 124 Å². The second kappa shape index (κ2) is 5.38. The highest BCUT2D eigenvalue weighted by Gasteiger charge is 2.43. The van der Waals surface area contributed by atoms with Gasteiger partial charge in [0, 0.05) is 29.6 Å². The van der Waals surface area contributed by atoms with Crippen molar-refractivity contribution in [3.63, 3.8) is 0 Å². The van der Waals surface area contributed by atoms with Gasteiger partial charge in [0.1, 0.15) is 0 Å². The molecule has 1 aliphatic carbocycles. The molecule has 0 bridgehead atoms. The largest absolute Gasteiger partial charge is 0.389 e. The van der Waals surface area contributed by atoms with E-state index in [1.807, 2.05) is 4.90 Å². The zero-order valence-corrected chi connectivity index (χ0v) is 12.3. The van der Waals surface area contributed by atoms with Gasteiger partial charge >= 0.3 is 0 Å². The summed E-state index contributed by atoms with van der Waals surface area (Å²) in [6.07, 6.45) is 4.90. The van der Waals surface area contributed by atoms with E-state index in [2.05, 4.69) is 0 Å². The predicted molar refractivity (Wildman–Crippen MR) is 78.9 cm³/mol. The lowest BCUT2D eigenvalue weighted by molar-refractivity contribution is -0.0886. The first-order valence-corrected chi connectivity index (χ1v) is 7.73. The number of carbonyl (C=O) groups excluding carboxylic acids is 1. The molecular formula is C16H20ClNO2. The number of hydrogen-bond acceptors (Lipinski definition) is 2. The lowest BCUT2D eigenvalue weighted by atomic mass is 9.71. The fourth-order valence-electron chi connectivity index (χ4n) is 3.53. The van der Waals surface area contributed by atoms with Crippen molar-refractivity contribution in [3.8, 4) is 0 Å². The molecule has 4 heteroatoms. The van der Waals surface area contributed by atoms with Gasteiger partial charge < -0.3 is 10.0 Å². The van der Waals surface area contributed by atoms with E-state index >= 15 is 0 Å². The summed E-state index contributed by atoms with van der Waals surface area (Å²) < 4.78 is 0. The van der Waals surface area contributed by atoms with E-state index in [4.69, 9.17) is 11.6 Å². The van der Waals surface area contributed by atoms with Crippen molar-refractivity contribution < 1.29 is 9.90 Å². The molecule has 2 aliphatic rings. The van der Waals surface area contributed by atoms with E-state index in [9.17, 15) is 9.90 Å². The van der Waals surface area contributed by atoms with Crippen molar-refractivity contribution in [1.82, 2.24) is 4.90 Å². The number of nitrogens with zero attached hydrogens (tertiary/aromatic N) is 1. The van der Waals surface area contributed by atoms with Crippen LogP contribution in [0.5, 0.6) is 0 Å². The number of aliphatic hydroxyl groups is 1. The third-order valence-electron chi connectivity index (χ3n) is 4.81. The van der Waals surface area contributed by atoms with E-state index in [1.54, 1.807) is 24.3 Å².